The lowest BCUT2D eigenvalue weighted by Crippen LogP contribution is -2.23. The van der Waals surface area contributed by atoms with Crippen LogP contribution in [0.15, 0.2) is 41.1 Å². The van der Waals surface area contributed by atoms with Gasteiger partial charge in [0.2, 0.25) is 0 Å². The van der Waals surface area contributed by atoms with Crippen LogP contribution in [0.5, 0.6) is 0 Å². The van der Waals surface area contributed by atoms with Gasteiger partial charge in [0.1, 0.15) is 0 Å². The molecule has 0 aliphatic rings. The van der Waals surface area contributed by atoms with Gasteiger partial charge in [-0.05, 0) is 46.6 Å². The summed E-state index contributed by atoms with van der Waals surface area (Å²) in [6.45, 7) is 2.92. The Bertz CT molecular complexity index is 490. The van der Waals surface area contributed by atoms with Crippen molar-refractivity contribution < 1.29 is 0 Å². The highest BCUT2D eigenvalue weighted by molar-refractivity contribution is 9.10. The Kier molecular flexibility index (Phi) is 4.55. The molecule has 0 amide bonds. The molecule has 0 saturated carbocycles. The number of pyridine rings is 1. The molecule has 2 heterocycles. The Hall–Kier alpha value is -1.13. The lowest BCUT2D eigenvalue weighted by Gasteiger charge is -2.12. The SMILES string of the molecule is CCC(N)Cc1cccn1Cc1ccc(Br)cn1. The molecule has 2 aromatic heterocycles. The zero-order valence-electron chi connectivity index (χ0n) is 10.5. The lowest BCUT2D eigenvalue weighted by molar-refractivity contribution is 0.607. The molecule has 2 rings (SSSR count). The van der Waals surface area contributed by atoms with Gasteiger partial charge in [-0.1, -0.05) is 6.92 Å². The second kappa shape index (κ2) is 6.16. The van der Waals surface area contributed by atoms with E-state index in [0.717, 1.165) is 29.6 Å². The molecule has 0 aromatic carbocycles. The van der Waals surface area contributed by atoms with Crippen LogP contribution in [0.3, 0.4) is 0 Å². The molecule has 4 heteroatoms. The van der Waals surface area contributed by atoms with Gasteiger partial charge in [0.05, 0.1) is 12.2 Å². The van der Waals surface area contributed by atoms with E-state index >= 15 is 0 Å². The van der Waals surface area contributed by atoms with Crippen molar-refractivity contribution in [1.82, 2.24) is 9.55 Å². The molecule has 1 unspecified atom stereocenters. The standard InChI is InChI=1S/C14H18BrN3/c1-2-12(16)8-14-4-3-7-18(14)10-13-6-5-11(15)9-17-13/h3-7,9,12H,2,8,10,16H2,1H3. The van der Waals surface area contributed by atoms with Crippen molar-refractivity contribution in [3.63, 3.8) is 0 Å². The monoisotopic (exact) mass is 307 g/mol. The summed E-state index contributed by atoms with van der Waals surface area (Å²) in [4.78, 5) is 4.39. The van der Waals surface area contributed by atoms with Gasteiger partial charge in [-0.3, -0.25) is 4.98 Å². The van der Waals surface area contributed by atoms with E-state index in [0.29, 0.717) is 0 Å². The van der Waals surface area contributed by atoms with Crippen LogP contribution in [0.2, 0.25) is 0 Å². The predicted octanol–water partition coefficient (Wildman–Crippen LogP) is 2.97. The van der Waals surface area contributed by atoms with Crippen LogP contribution in [-0.4, -0.2) is 15.6 Å². The first kappa shape index (κ1) is 13.3. The van der Waals surface area contributed by atoms with Crippen molar-refractivity contribution in [3.8, 4) is 0 Å². The van der Waals surface area contributed by atoms with E-state index < -0.39 is 0 Å². The Morgan fingerprint density at radius 3 is 2.89 bits per heavy atom. The Balaban J connectivity index is 2.09. The summed E-state index contributed by atoms with van der Waals surface area (Å²) in [7, 11) is 0. The topological polar surface area (TPSA) is 43.8 Å². The molecule has 0 saturated heterocycles. The van der Waals surface area contributed by atoms with E-state index in [2.05, 4.69) is 50.7 Å². The molecule has 2 N–H and O–H groups in total. The molecule has 3 nitrogen and oxygen atoms in total. The molecule has 0 aliphatic carbocycles. The van der Waals surface area contributed by atoms with Gasteiger partial charge in [0.15, 0.2) is 0 Å². The Labute approximate surface area is 116 Å². The van der Waals surface area contributed by atoms with Crippen molar-refractivity contribution >= 4 is 15.9 Å². The molecule has 0 radical (unpaired) electrons. The van der Waals surface area contributed by atoms with E-state index in [4.69, 9.17) is 5.73 Å². The van der Waals surface area contributed by atoms with E-state index in [1.165, 1.54) is 5.69 Å². The first-order chi connectivity index (χ1) is 8.69. The van der Waals surface area contributed by atoms with Crippen LogP contribution in [0.25, 0.3) is 0 Å². The lowest BCUT2D eigenvalue weighted by atomic mass is 10.1. The molecular formula is C14H18BrN3. The summed E-state index contributed by atoms with van der Waals surface area (Å²) in [6, 6.07) is 8.48. The first-order valence-electron chi connectivity index (χ1n) is 6.19. The summed E-state index contributed by atoms with van der Waals surface area (Å²) in [5.41, 5.74) is 8.34. The molecule has 1 atom stereocenters. The maximum absolute atomic E-state index is 6.01. The first-order valence-corrected chi connectivity index (χ1v) is 6.98. The molecule has 18 heavy (non-hydrogen) atoms. The van der Waals surface area contributed by atoms with Crippen molar-refractivity contribution in [3.05, 3.63) is 52.5 Å². The number of rotatable bonds is 5. The number of halogens is 1. The van der Waals surface area contributed by atoms with Gasteiger partial charge in [-0.2, -0.15) is 0 Å². The van der Waals surface area contributed by atoms with Crippen molar-refractivity contribution in [2.45, 2.75) is 32.4 Å². The fraction of sp³-hybridized carbons (Fsp3) is 0.357. The normalized spacial score (nSPS) is 12.6. The fourth-order valence-corrected chi connectivity index (χ4v) is 2.11. The zero-order valence-corrected chi connectivity index (χ0v) is 12.1. The third-order valence-electron chi connectivity index (χ3n) is 3.04. The van der Waals surface area contributed by atoms with Crippen LogP contribution >= 0.6 is 15.9 Å². The number of nitrogens with zero attached hydrogens (tertiary/aromatic N) is 2. The second-order valence-electron chi connectivity index (χ2n) is 4.47. The summed E-state index contributed by atoms with van der Waals surface area (Å²) < 4.78 is 3.22. The van der Waals surface area contributed by atoms with Crippen LogP contribution in [0.4, 0.5) is 0 Å². The van der Waals surface area contributed by atoms with Crippen molar-refractivity contribution in [2.75, 3.05) is 0 Å². The third-order valence-corrected chi connectivity index (χ3v) is 3.51. The summed E-state index contributed by atoms with van der Waals surface area (Å²) in [5.74, 6) is 0. The van der Waals surface area contributed by atoms with Gasteiger partial charge < -0.3 is 10.3 Å². The molecule has 2 aromatic rings. The largest absolute Gasteiger partial charge is 0.345 e. The van der Waals surface area contributed by atoms with Gasteiger partial charge in [-0.15, -0.1) is 0 Å². The van der Waals surface area contributed by atoms with Crippen LogP contribution in [0.1, 0.15) is 24.7 Å². The van der Waals surface area contributed by atoms with Crippen LogP contribution < -0.4 is 5.73 Å². The maximum atomic E-state index is 6.01. The van der Waals surface area contributed by atoms with Crippen molar-refractivity contribution in [2.24, 2.45) is 5.73 Å². The third kappa shape index (κ3) is 3.43. The highest BCUT2D eigenvalue weighted by Gasteiger charge is 2.06. The summed E-state index contributed by atoms with van der Waals surface area (Å²) in [5, 5.41) is 0. The number of hydrogen-bond donors (Lipinski definition) is 1. The van der Waals surface area contributed by atoms with Gasteiger partial charge in [0, 0.05) is 35.0 Å². The van der Waals surface area contributed by atoms with Gasteiger partial charge >= 0.3 is 0 Å². The summed E-state index contributed by atoms with van der Waals surface area (Å²) >= 11 is 3.39. The van der Waals surface area contributed by atoms with E-state index in [-0.39, 0.29) is 6.04 Å². The van der Waals surface area contributed by atoms with Crippen LogP contribution in [0, 0.1) is 0 Å². The highest BCUT2D eigenvalue weighted by Crippen LogP contribution is 2.11. The average molecular weight is 308 g/mol. The quantitative estimate of drug-likeness (QED) is 0.923. The molecular weight excluding hydrogens is 290 g/mol. The fourth-order valence-electron chi connectivity index (χ4n) is 1.88. The van der Waals surface area contributed by atoms with E-state index in [1.807, 2.05) is 18.3 Å². The molecule has 96 valence electrons. The van der Waals surface area contributed by atoms with Gasteiger partial charge in [0.25, 0.3) is 0 Å². The number of hydrogen-bond acceptors (Lipinski definition) is 2. The minimum absolute atomic E-state index is 0.233. The Morgan fingerprint density at radius 2 is 2.22 bits per heavy atom. The molecule has 0 bridgehead atoms. The highest BCUT2D eigenvalue weighted by atomic mass is 79.9. The number of nitrogens with two attached hydrogens (primary N) is 1. The van der Waals surface area contributed by atoms with Gasteiger partial charge in [-0.25, -0.2) is 0 Å². The van der Waals surface area contributed by atoms with E-state index in [9.17, 15) is 0 Å². The predicted molar refractivity (Wildman–Crippen MR) is 77.4 cm³/mol. The minimum Gasteiger partial charge on any atom is -0.345 e. The smallest absolute Gasteiger partial charge is 0.0645 e. The molecule has 0 spiro atoms. The zero-order chi connectivity index (χ0) is 13.0. The second-order valence-corrected chi connectivity index (χ2v) is 5.38. The van der Waals surface area contributed by atoms with Crippen molar-refractivity contribution in [1.29, 1.82) is 0 Å². The maximum Gasteiger partial charge on any atom is 0.0645 e. The average Bonchev–Trinajstić information content (AvgIpc) is 2.79. The molecule has 0 fully saturated rings. The molecule has 0 aliphatic heterocycles. The summed E-state index contributed by atoms with van der Waals surface area (Å²) in [6.07, 6.45) is 5.83. The Morgan fingerprint density at radius 1 is 1.39 bits per heavy atom. The minimum atomic E-state index is 0.233. The van der Waals surface area contributed by atoms with E-state index in [1.54, 1.807) is 0 Å². The van der Waals surface area contributed by atoms with Crippen LogP contribution in [-0.2, 0) is 13.0 Å². The number of aromatic nitrogens is 2.